The van der Waals surface area contributed by atoms with E-state index in [2.05, 4.69) is 15.9 Å². The molecule has 0 aliphatic carbocycles. The Morgan fingerprint density at radius 3 is 2.50 bits per heavy atom. The van der Waals surface area contributed by atoms with Crippen molar-refractivity contribution in [1.82, 2.24) is 4.90 Å². The molecule has 1 aliphatic heterocycles. The lowest BCUT2D eigenvalue weighted by atomic mass is 9.89. The van der Waals surface area contributed by atoms with Gasteiger partial charge in [0.05, 0.1) is 6.54 Å². The molecule has 2 rings (SSSR count). The van der Waals surface area contributed by atoms with Gasteiger partial charge in [-0.15, -0.1) is 0 Å². The van der Waals surface area contributed by atoms with E-state index in [1.807, 2.05) is 26.0 Å². The normalized spacial score (nSPS) is 18.8. The summed E-state index contributed by atoms with van der Waals surface area (Å²) in [6, 6.07) is 7.24. The van der Waals surface area contributed by atoms with Gasteiger partial charge in [0.1, 0.15) is 0 Å². The molecule has 96 valence electrons. The second-order valence-electron chi connectivity index (χ2n) is 5.25. The first-order chi connectivity index (χ1) is 8.40. The Hall–Kier alpha value is -1.16. The first-order valence-corrected chi connectivity index (χ1v) is 6.79. The molecule has 1 saturated heterocycles. The number of ketones is 1. The molecule has 3 nitrogen and oxygen atoms in total. The molecule has 1 aliphatic rings. The Kier molecular flexibility index (Phi) is 3.57. The second kappa shape index (κ2) is 4.84. The molecule has 1 heterocycles. The van der Waals surface area contributed by atoms with E-state index >= 15 is 0 Å². The number of benzene rings is 1. The van der Waals surface area contributed by atoms with Crippen molar-refractivity contribution in [2.75, 3.05) is 6.54 Å². The monoisotopic (exact) mass is 309 g/mol. The first-order valence-electron chi connectivity index (χ1n) is 5.99. The number of likely N-dealkylation sites (tertiary alicyclic amines) is 1. The summed E-state index contributed by atoms with van der Waals surface area (Å²) in [5, 5.41) is 0. The molecule has 18 heavy (non-hydrogen) atoms. The van der Waals surface area contributed by atoms with Crippen LogP contribution in [0.25, 0.3) is 0 Å². The number of hydrogen-bond acceptors (Lipinski definition) is 2. The van der Waals surface area contributed by atoms with Crippen molar-refractivity contribution in [1.29, 1.82) is 0 Å². The smallest absolute Gasteiger partial charge is 0.254 e. The van der Waals surface area contributed by atoms with Gasteiger partial charge in [-0.1, -0.05) is 15.9 Å². The van der Waals surface area contributed by atoms with Crippen LogP contribution in [0.15, 0.2) is 28.7 Å². The summed E-state index contributed by atoms with van der Waals surface area (Å²) in [4.78, 5) is 25.7. The SMILES string of the molecule is CC1(C)CCC(=O)CN1C(=O)c1ccc(Br)cc1. The third kappa shape index (κ3) is 2.64. The minimum Gasteiger partial charge on any atom is -0.326 e. The molecule has 1 aromatic rings. The summed E-state index contributed by atoms with van der Waals surface area (Å²) in [6.07, 6.45) is 1.30. The Labute approximate surface area is 115 Å². The first kappa shape index (κ1) is 13.3. The zero-order valence-corrected chi connectivity index (χ0v) is 12.2. The largest absolute Gasteiger partial charge is 0.326 e. The quantitative estimate of drug-likeness (QED) is 0.799. The summed E-state index contributed by atoms with van der Waals surface area (Å²) >= 11 is 3.34. The number of carbonyl (C=O) groups is 2. The van der Waals surface area contributed by atoms with E-state index in [4.69, 9.17) is 0 Å². The fourth-order valence-electron chi connectivity index (χ4n) is 2.14. The lowest BCUT2D eigenvalue weighted by Gasteiger charge is -2.41. The van der Waals surface area contributed by atoms with E-state index in [1.54, 1.807) is 17.0 Å². The summed E-state index contributed by atoms with van der Waals surface area (Å²) in [5.41, 5.74) is 0.374. The molecular formula is C14H16BrNO2. The third-order valence-electron chi connectivity index (χ3n) is 3.42. The lowest BCUT2D eigenvalue weighted by molar-refractivity contribution is -0.124. The van der Waals surface area contributed by atoms with Crippen LogP contribution in [0.5, 0.6) is 0 Å². The Balaban J connectivity index is 2.26. The molecule has 4 heteroatoms. The average Bonchev–Trinajstić information content (AvgIpc) is 2.32. The van der Waals surface area contributed by atoms with E-state index < -0.39 is 0 Å². The van der Waals surface area contributed by atoms with Gasteiger partial charge in [-0.05, 0) is 44.5 Å². The number of hydrogen-bond donors (Lipinski definition) is 0. The number of halogens is 1. The van der Waals surface area contributed by atoms with E-state index in [1.165, 1.54) is 0 Å². The van der Waals surface area contributed by atoms with E-state index in [0.29, 0.717) is 12.0 Å². The highest BCUT2D eigenvalue weighted by Gasteiger charge is 2.36. The second-order valence-corrected chi connectivity index (χ2v) is 6.16. The summed E-state index contributed by atoms with van der Waals surface area (Å²) in [7, 11) is 0. The van der Waals surface area contributed by atoms with Gasteiger partial charge in [0, 0.05) is 22.0 Å². The van der Waals surface area contributed by atoms with Crippen LogP contribution in [0.3, 0.4) is 0 Å². The Bertz CT molecular complexity index is 479. The fraction of sp³-hybridized carbons (Fsp3) is 0.429. The molecule has 0 atom stereocenters. The van der Waals surface area contributed by atoms with E-state index in [9.17, 15) is 9.59 Å². The Morgan fingerprint density at radius 1 is 1.28 bits per heavy atom. The highest BCUT2D eigenvalue weighted by atomic mass is 79.9. The topological polar surface area (TPSA) is 37.4 Å². The van der Waals surface area contributed by atoms with Gasteiger partial charge in [0.2, 0.25) is 0 Å². The van der Waals surface area contributed by atoms with Crippen LogP contribution in [0.1, 0.15) is 37.0 Å². The molecule has 0 saturated carbocycles. The van der Waals surface area contributed by atoms with Crippen LogP contribution in [0.4, 0.5) is 0 Å². The van der Waals surface area contributed by atoms with Crippen LogP contribution in [0, 0.1) is 0 Å². The van der Waals surface area contributed by atoms with Crippen molar-refractivity contribution < 1.29 is 9.59 Å². The van der Waals surface area contributed by atoms with Crippen molar-refractivity contribution in [3.05, 3.63) is 34.3 Å². The van der Waals surface area contributed by atoms with Crippen LogP contribution in [-0.2, 0) is 4.79 Å². The number of carbonyl (C=O) groups excluding carboxylic acids is 2. The van der Waals surface area contributed by atoms with Gasteiger partial charge < -0.3 is 4.90 Å². The van der Waals surface area contributed by atoms with Crippen molar-refractivity contribution in [3.8, 4) is 0 Å². The van der Waals surface area contributed by atoms with E-state index in [-0.39, 0.29) is 23.8 Å². The van der Waals surface area contributed by atoms with Crippen molar-refractivity contribution >= 4 is 27.6 Å². The van der Waals surface area contributed by atoms with Crippen molar-refractivity contribution in [2.24, 2.45) is 0 Å². The zero-order valence-electron chi connectivity index (χ0n) is 10.6. The highest BCUT2D eigenvalue weighted by molar-refractivity contribution is 9.10. The van der Waals surface area contributed by atoms with Crippen LogP contribution in [0.2, 0.25) is 0 Å². The minimum atomic E-state index is -0.252. The maximum absolute atomic E-state index is 12.4. The molecule has 0 radical (unpaired) electrons. The van der Waals surface area contributed by atoms with Gasteiger partial charge in [0.15, 0.2) is 5.78 Å². The van der Waals surface area contributed by atoms with Crippen molar-refractivity contribution in [3.63, 3.8) is 0 Å². The maximum Gasteiger partial charge on any atom is 0.254 e. The number of rotatable bonds is 1. The van der Waals surface area contributed by atoms with Gasteiger partial charge in [-0.3, -0.25) is 9.59 Å². The summed E-state index contributed by atoms with van der Waals surface area (Å²) in [5.74, 6) is 0.0698. The molecule has 1 fully saturated rings. The van der Waals surface area contributed by atoms with Crippen molar-refractivity contribution in [2.45, 2.75) is 32.2 Å². The molecule has 1 aromatic carbocycles. The molecule has 0 aromatic heterocycles. The lowest BCUT2D eigenvalue weighted by Crippen LogP contribution is -2.53. The van der Waals surface area contributed by atoms with Gasteiger partial charge in [-0.25, -0.2) is 0 Å². The molecule has 0 spiro atoms. The third-order valence-corrected chi connectivity index (χ3v) is 3.95. The van der Waals surface area contributed by atoms with Gasteiger partial charge in [-0.2, -0.15) is 0 Å². The predicted molar refractivity (Wildman–Crippen MR) is 73.5 cm³/mol. The minimum absolute atomic E-state index is 0.0689. The number of amides is 1. The molecule has 0 N–H and O–H groups in total. The van der Waals surface area contributed by atoms with Crippen LogP contribution < -0.4 is 0 Å². The number of piperidine rings is 1. The zero-order chi connectivity index (χ0) is 13.3. The summed E-state index contributed by atoms with van der Waals surface area (Å²) < 4.78 is 0.938. The van der Waals surface area contributed by atoms with Crippen LogP contribution in [-0.4, -0.2) is 28.7 Å². The predicted octanol–water partition coefficient (Wildman–Crippen LogP) is 3.03. The highest BCUT2D eigenvalue weighted by Crippen LogP contribution is 2.27. The maximum atomic E-state index is 12.4. The average molecular weight is 310 g/mol. The molecule has 0 unspecified atom stereocenters. The fourth-order valence-corrected chi connectivity index (χ4v) is 2.41. The van der Waals surface area contributed by atoms with Gasteiger partial charge in [0.25, 0.3) is 5.91 Å². The molecule has 1 amide bonds. The Morgan fingerprint density at radius 2 is 1.89 bits per heavy atom. The molecular weight excluding hydrogens is 294 g/mol. The van der Waals surface area contributed by atoms with E-state index in [0.717, 1.165) is 10.9 Å². The molecule has 0 bridgehead atoms. The summed E-state index contributed by atoms with van der Waals surface area (Å²) in [6.45, 7) is 4.24. The number of Topliss-reactive ketones (excluding diaryl/α,β-unsaturated/α-hetero) is 1. The van der Waals surface area contributed by atoms with Gasteiger partial charge >= 0.3 is 0 Å². The number of nitrogens with zero attached hydrogens (tertiary/aromatic N) is 1. The van der Waals surface area contributed by atoms with Crippen LogP contribution >= 0.6 is 15.9 Å². The standard InChI is InChI=1S/C14H16BrNO2/c1-14(2)8-7-12(17)9-16(14)13(18)10-3-5-11(15)6-4-10/h3-6H,7-9H2,1-2H3.